The molecule has 1 unspecified atom stereocenters. The van der Waals surface area contributed by atoms with Crippen molar-refractivity contribution in [2.75, 3.05) is 0 Å². The summed E-state index contributed by atoms with van der Waals surface area (Å²) < 4.78 is 27.2. The van der Waals surface area contributed by atoms with E-state index in [0.717, 1.165) is 12.1 Å². The number of rotatable bonds is 8. The molecule has 0 saturated carbocycles. The number of hydrogen-bond donors (Lipinski definition) is 2. The van der Waals surface area contributed by atoms with Crippen molar-refractivity contribution in [1.29, 1.82) is 0 Å². The van der Waals surface area contributed by atoms with Gasteiger partial charge in [-0.3, -0.25) is 0 Å². The Hall–Kier alpha value is -1.35. The van der Waals surface area contributed by atoms with Gasteiger partial charge in [0.15, 0.2) is 0 Å². The molecule has 0 aliphatic rings. The van der Waals surface area contributed by atoms with Crippen LogP contribution in [-0.4, -0.2) is 20.5 Å². The van der Waals surface area contributed by atoms with Gasteiger partial charge in [0.25, 0.3) is 0 Å². The second-order valence-corrected chi connectivity index (χ2v) is 7.03. The molecule has 0 saturated heterocycles. The fraction of sp³-hybridized carbons (Fsp3) is 0.500. The van der Waals surface area contributed by atoms with Gasteiger partial charge in [0, 0.05) is 25.0 Å². The molecular formula is C16H24N2O2S. The first-order valence-electron chi connectivity index (χ1n) is 7.17. The lowest BCUT2D eigenvalue weighted by Crippen LogP contribution is -2.34. The normalized spacial score (nSPS) is 13.1. The third kappa shape index (κ3) is 5.88. The Kier molecular flexibility index (Phi) is 6.90. The molecule has 2 N–H and O–H groups in total. The molecule has 0 spiro atoms. The van der Waals surface area contributed by atoms with E-state index in [1.54, 1.807) is 12.1 Å². The van der Waals surface area contributed by atoms with E-state index in [2.05, 4.69) is 29.8 Å². The minimum Gasteiger partial charge on any atom is -0.310 e. The summed E-state index contributed by atoms with van der Waals surface area (Å²) in [6.07, 6.45) is 6.31. The number of terminal acetylenes is 1. The number of sulfonamides is 1. The Morgan fingerprint density at radius 2 is 1.86 bits per heavy atom. The highest BCUT2D eigenvalue weighted by Gasteiger charge is 2.18. The average Bonchev–Trinajstić information content (AvgIpc) is 2.45. The predicted octanol–water partition coefficient (Wildman–Crippen LogP) is 2.26. The van der Waals surface area contributed by atoms with Crippen LogP contribution < -0.4 is 10.0 Å². The van der Waals surface area contributed by atoms with Crippen molar-refractivity contribution in [2.24, 2.45) is 0 Å². The summed E-state index contributed by atoms with van der Waals surface area (Å²) in [5.41, 5.74) is 1.05. The fourth-order valence-corrected chi connectivity index (χ4v) is 3.13. The lowest BCUT2D eigenvalue weighted by atomic mass is 10.2. The molecular weight excluding hydrogens is 284 g/mol. The topological polar surface area (TPSA) is 58.2 Å². The molecule has 4 nitrogen and oxygen atoms in total. The fourth-order valence-electron chi connectivity index (χ4n) is 1.81. The van der Waals surface area contributed by atoms with E-state index in [9.17, 15) is 8.42 Å². The minimum absolute atomic E-state index is 0.220. The van der Waals surface area contributed by atoms with Gasteiger partial charge < -0.3 is 5.32 Å². The Bertz CT molecular complexity index is 571. The third-order valence-corrected chi connectivity index (χ3v) is 4.66. The lowest BCUT2D eigenvalue weighted by Gasteiger charge is -2.15. The van der Waals surface area contributed by atoms with Crippen LogP contribution in [0.5, 0.6) is 0 Å². The second kappa shape index (κ2) is 8.18. The van der Waals surface area contributed by atoms with Gasteiger partial charge in [-0.25, -0.2) is 13.1 Å². The highest BCUT2D eigenvalue weighted by atomic mass is 32.2. The van der Waals surface area contributed by atoms with Crippen LogP contribution in [0.1, 0.15) is 39.2 Å². The summed E-state index contributed by atoms with van der Waals surface area (Å²) in [5, 5.41) is 3.29. The van der Waals surface area contributed by atoms with Crippen LogP contribution in [-0.2, 0) is 16.6 Å². The van der Waals surface area contributed by atoms with Gasteiger partial charge in [-0.2, -0.15) is 0 Å². The zero-order chi connectivity index (χ0) is 15.9. The van der Waals surface area contributed by atoms with E-state index < -0.39 is 10.0 Å². The highest BCUT2D eigenvalue weighted by Crippen LogP contribution is 2.12. The van der Waals surface area contributed by atoms with Crippen LogP contribution in [0.15, 0.2) is 29.2 Å². The van der Waals surface area contributed by atoms with Crippen molar-refractivity contribution in [3.05, 3.63) is 29.8 Å². The zero-order valence-corrected chi connectivity index (χ0v) is 13.7. The maximum atomic E-state index is 12.3. The summed E-state index contributed by atoms with van der Waals surface area (Å²) in [4.78, 5) is 0.270. The molecule has 0 heterocycles. The Morgan fingerprint density at radius 1 is 1.24 bits per heavy atom. The number of benzene rings is 1. The first-order valence-corrected chi connectivity index (χ1v) is 8.65. The molecule has 21 heavy (non-hydrogen) atoms. The van der Waals surface area contributed by atoms with Gasteiger partial charge in [-0.1, -0.05) is 32.9 Å². The van der Waals surface area contributed by atoms with Crippen LogP contribution in [0.3, 0.4) is 0 Å². The van der Waals surface area contributed by atoms with E-state index >= 15 is 0 Å². The van der Waals surface area contributed by atoms with Crippen molar-refractivity contribution < 1.29 is 8.42 Å². The van der Waals surface area contributed by atoms with Gasteiger partial charge in [0.05, 0.1) is 4.90 Å². The van der Waals surface area contributed by atoms with Crippen molar-refractivity contribution >= 4 is 10.0 Å². The number of hydrogen-bond acceptors (Lipinski definition) is 3. The smallest absolute Gasteiger partial charge is 0.240 e. The van der Waals surface area contributed by atoms with Gasteiger partial charge in [-0.05, 0) is 24.1 Å². The minimum atomic E-state index is -3.51. The molecule has 0 aromatic heterocycles. The molecule has 0 fully saturated rings. The SMILES string of the molecule is C#CCC(CC)NS(=O)(=O)c1ccc(CNC(C)C)cc1. The first-order chi connectivity index (χ1) is 9.89. The van der Waals surface area contributed by atoms with Crippen LogP contribution >= 0.6 is 0 Å². The molecule has 116 valence electrons. The van der Waals surface area contributed by atoms with Crippen LogP contribution in [0.2, 0.25) is 0 Å². The van der Waals surface area contributed by atoms with Crippen LogP contribution in [0.4, 0.5) is 0 Å². The van der Waals surface area contributed by atoms with Gasteiger partial charge in [-0.15, -0.1) is 12.3 Å². The quantitative estimate of drug-likeness (QED) is 0.724. The second-order valence-electron chi connectivity index (χ2n) is 5.31. The van der Waals surface area contributed by atoms with Crippen molar-refractivity contribution in [3.8, 4) is 12.3 Å². The number of nitrogens with one attached hydrogen (secondary N) is 2. The summed E-state index contributed by atoms with van der Waals surface area (Å²) in [6.45, 7) is 6.77. The van der Waals surface area contributed by atoms with Crippen molar-refractivity contribution in [2.45, 2.75) is 57.1 Å². The van der Waals surface area contributed by atoms with E-state index in [1.165, 1.54) is 0 Å². The Morgan fingerprint density at radius 3 is 2.33 bits per heavy atom. The largest absolute Gasteiger partial charge is 0.310 e. The molecule has 0 aliphatic carbocycles. The Balaban J connectivity index is 2.78. The predicted molar refractivity (Wildman–Crippen MR) is 86.3 cm³/mol. The van der Waals surface area contributed by atoms with E-state index in [1.807, 2.05) is 19.1 Å². The molecule has 1 aromatic rings. The maximum absolute atomic E-state index is 12.3. The first kappa shape index (κ1) is 17.7. The lowest BCUT2D eigenvalue weighted by molar-refractivity contribution is 0.544. The summed E-state index contributed by atoms with van der Waals surface area (Å²) >= 11 is 0. The molecule has 0 aliphatic heterocycles. The third-order valence-electron chi connectivity index (χ3n) is 3.13. The standard InChI is InChI=1S/C16H24N2O2S/c1-5-7-15(6-2)18-21(19,20)16-10-8-14(9-11-16)12-17-13(3)4/h1,8-11,13,15,17-18H,6-7,12H2,2-4H3. The summed E-state index contributed by atoms with van der Waals surface area (Å²) in [6, 6.07) is 7.08. The monoisotopic (exact) mass is 308 g/mol. The Labute approximate surface area is 128 Å². The molecule has 0 amide bonds. The van der Waals surface area contributed by atoms with E-state index in [0.29, 0.717) is 18.9 Å². The van der Waals surface area contributed by atoms with Crippen LogP contribution in [0.25, 0.3) is 0 Å². The van der Waals surface area contributed by atoms with Gasteiger partial charge >= 0.3 is 0 Å². The maximum Gasteiger partial charge on any atom is 0.240 e. The van der Waals surface area contributed by atoms with E-state index in [-0.39, 0.29) is 10.9 Å². The summed E-state index contributed by atoms with van der Waals surface area (Å²) in [5.74, 6) is 2.49. The molecule has 0 bridgehead atoms. The zero-order valence-electron chi connectivity index (χ0n) is 12.9. The molecule has 1 rings (SSSR count). The molecule has 1 atom stereocenters. The highest BCUT2D eigenvalue weighted by molar-refractivity contribution is 7.89. The van der Waals surface area contributed by atoms with Gasteiger partial charge in [0.1, 0.15) is 0 Å². The molecule has 0 radical (unpaired) electrons. The van der Waals surface area contributed by atoms with Crippen LogP contribution in [0, 0.1) is 12.3 Å². The van der Waals surface area contributed by atoms with E-state index in [4.69, 9.17) is 6.42 Å². The van der Waals surface area contributed by atoms with Crippen molar-refractivity contribution in [1.82, 2.24) is 10.0 Å². The molecule has 1 aromatic carbocycles. The summed E-state index contributed by atoms with van der Waals surface area (Å²) in [7, 11) is -3.51. The van der Waals surface area contributed by atoms with Crippen molar-refractivity contribution in [3.63, 3.8) is 0 Å². The van der Waals surface area contributed by atoms with Gasteiger partial charge in [0.2, 0.25) is 10.0 Å². The molecule has 5 heteroatoms. The average molecular weight is 308 g/mol.